The zero-order chi connectivity index (χ0) is 10.1. The lowest BCUT2D eigenvalue weighted by atomic mass is 9.97. The average molecular weight is 166 g/mol. The fraction of sp³-hybridized carbons (Fsp3) is 0.500. The zero-order valence-corrected chi connectivity index (χ0v) is 9.15. The van der Waals surface area contributed by atoms with Gasteiger partial charge in [0, 0.05) is 0 Å². The summed E-state index contributed by atoms with van der Waals surface area (Å²) in [4.78, 5) is 0. The molecule has 12 heavy (non-hydrogen) atoms. The van der Waals surface area contributed by atoms with Crippen molar-refractivity contribution in [3.63, 3.8) is 0 Å². The molecule has 0 bridgehead atoms. The van der Waals surface area contributed by atoms with E-state index < -0.39 is 0 Å². The van der Waals surface area contributed by atoms with Crippen LogP contribution in [-0.4, -0.2) is 0 Å². The molecule has 0 rings (SSSR count). The van der Waals surface area contributed by atoms with Crippen LogP contribution in [0.25, 0.3) is 0 Å². The van der Waals surface area contributed by atoms with E-state index in [-0.39, 0.29) is 0 Å². The molecule has 0 unspecified atom stereocenters. The van der Waals surface area contributed by atoms with Crippen LogP contribution in [0.2, 0.25) is 0 Å². The van der Waals surface area contributed by atoms with Crippen molar-refractivity contribution < 1.29 is 0 Å². The molecule has 0 spiro atoms. The lowest BCUT2D eigenvalue weighted by molar-refractivity contribution is 0.779. The molecule has 0 heterocycles. The Morgan fingerprint density at radius 3 is 1.75 bits per heavy atom. The molecule has 0 nitrogen and oxygen atoms in total. The van der Waals surface area contributed by atoms with E-state index in [1.807, 2.05) is 32.9 Å². The first-order valence-corrected chi connectivity index (χ1v) is 4.58. The predicted molar refractivity (Wildman–Crippen MR) is 59.3 cm³/mol. The molecule has 0 saturated heterocycles. The van der Waals surface area contributed by atoms with Gasteiger partial charge < -0.3 is 0 Å². The molecular formula is C12H22. The van der Waals surface area contributed by atoms with Crippen molar-refractivity contribution in [2.24, 2.45) is 5.92 Å². The van der Waals surface area contributed by atoms with Gasteiger partial charge in [0.05, 0.1) is 0 Å². The lowest BCUT2D eigenvalue weighted by Gasteiger charge is -2.09. The van der Waals surface area contributed by atoms with Gasteiger partial charge in [-0.25, -0.2) is 0 Å². The standard InChI is InChI=1S/C10H16.C2H6/c1-6-7-10(8(2)3)9(4)5;1-2/h6-7,9H,1-2H2,3-5H3;1-2H3/b10-7+;. The molecule has 0 aliphatic heterocycles. The second-order valence-electron chi connectivity index (χ2n) is 2.79. The van der Waals surface area contributed by atoms with Gasteiger partial charge in [0.25, 0.3) is 0 Å². The Kier molecular flexibility index (Phi) is 9.56. The van der Waals surface area contributed by atoms with Crippen LogP contribution in [0.3, 0.4) is 0 Å². The lowest BCUT2D eigenvalue weighted by Crippen LogP contribution is -1.93. The molecule has 0 radical (unpaired) electrons. The third-order valence-corrected chi connectivity index (χ3v) is 1.41. The minimum absolute atomic E-state index is 0.551. The molecule has 0 aliphatic carbocycles. The maximum atomic E-state index is 3.88. The molecule has 0 aliphatic rings. The van der Waals surface area contributed by atoms with Crippen molar-refractivity contribution in [1.82, 2.24) is 0 Å². The van der Waals surface area contributed by atoms with E-state index in [1.54, 1.807) is 0 Å². The third-order valence-electron chi connectivity index (χ3n) is 1.41. The minimum atomic E-state index is 0.551. The second-order valence-corrected chi connectivity index (χ2v) is 2.79. The fourth-order valence-corrected chi connectivity index (χ4v) is 0.954. The van der Waals surface area contributed by atoms with Gasteiger partial charge in [0.15, 0.2) is 0 Å². The van der Waals surface area contributed by atoms with E-state index in [9.17, 15) is 0 Å². The van der Waals surface area contributed by atoms with E-state index >= 15 is 0 Å². The summed E-state index contributed by atoms with van der Waals surface area (Å²) in [7, 11) is 0. The summed E-state index contributed by atoms with van der Waals surface area (Å²) in [5, 5.41) is 0. The van der Waals surface area contributed by atoms with E-state index in [1.165, 1.54) is 5.57 Å². The van der Waals surface area contributed by atoms with Crippen LogP contribution in [0.1, 0.15) is 34.6 Å². The highest BCUT2D eigenvalue weighted by Crippen LogP contribution is 2.16. The van der Waals surface area contributed by atoms with Gasteiger partial charge in [-0.05, 0) is 18.4 Å². The molecule has 70 valence electrons. The first-order chi connectivity index (χ1) is 5.59. The summed E-state index contributed by atoms with van der Waals surface area (Å²) in [6.07, 6.45) is 3.83. The highest BCUT2D eigenvalue weighted by molar-refractivity contribution is 5.30. The Hall–Kier alpha value is -0.780. The van der Waals surface area contributed by atoms with E-state index in [2.05, 4.69) is 27.0 Å². The summed E-state index contributed by atoms with van der Waals surface area (Å²) in [5.41, 5.74) is 2.42. The smallest absolute Gasteiger partial charge is 0.0216 e. The van der Waals surface area contributed by atoms with Crippen molar-refractivity contribution in [3.05, 3.63) is 36.5 Å². The Labute approximate surface area is 77.7 Å². The highest BCUT2D eigenvalue weighted by Gasteiger charge is 2.00. The van der Waals surface area contributed by atoms with Gasteiger partial charge in [-0.2, -0.15) is 0 Å². The minimum Gasteiger partial charge on any atom is -0.0991 e. The van der Waals surface area contributed by atoms with Gasteiger partial charge in [-0.15, -0.1) is 0 Å². The first-order valence-electron chi connectivity index (χ1n) is 4.58. The summed E-state index contributed by atoms with van der Waals surface area (Å²) in [6.45, 7) is 17.9. The van der Waals surface area contributed by atoms with Gasteiger partial charge in [-0.1, -0.05) is 58.6 Å². The Morgan fingerprint density at radius 2 is 1.67 bits per heavy atom. The van der Waals surface area contributed by atoms with Gasteiger partial charge in [-0.3, -0.25) is 0 Å². The van der Waals surface area contributed by atoms with Crippen LogP contribution >= 0.6 is 0 Å². The van der Waals surface area contributed by atoms with Crippen LogP contribution < -0.4 is 0 Å². The van der Waals surface area contributed by atoms with Gasteiger partial charge in [0.1, 0.15) is 0 Å². The largest absolute Gasteiger partial charge is 0.0991 e. The molecule has 0 N–H and O–H groups in total. The third kappa shape index (κ3) is 5.96. The van der Waals surface area contributed by atoms with Crippen LogP contribution in [0.15, 0.2) is 36.5 Å². The summed E-state index contributed by atoms with van der Waals surface area (Å²) >= 11 is 0. The first kappa shape index (κ1) is 13.8. The number of hydrogen-bond acceptors (Lipinski definition) is 0. The summed E-state index contributed by atoms with van der Waals surface area (Å²) in [5.74, 6) is 0.551. The molecule has 0 aromatic heterocycles. The maximum absolute atomic E-state index is 3.88. The molecule has 0 saturated carbocycles. The van der Waals surface area contributed by atoms with Crippen molar-refractivity contribution in [2.45, 2.75) is 34.6 Å². The Balaban J connectivity index is 0. The van der Waals surface area contributed by atoms with Crippen LogP contribution in [0.4, 0.5) is 0 Å². The normalized spacial score (nSPS) is 10.3. The number of rotatable bonds is 3. The topological polar surface area (TPSA) is 0 Å². The van der Waals surface area contributed by atoms with Crippen molar-refractivity contribution >= 4 is 0 Å². The van der Waals surface area contributed by atoms with Crippen LogP contribution in [-0.2, 0) is 0 Å². The summed E-state index contributed by atoms with van der Waals surface area (Å²) < 4.78 is 0. The number of allylic oxidation sites excluding steroid dienone is 4. The van der Waals surface area contributed by atoms with E-state index in [0.29, 0.717) is 5.92 Å². The number of hydrogen-bond donors (Lipinski definition) is 0. The molecule has 0 aromatic carbocycles. The summed E-state index contributed by atoms with van der Waals surface area (Å²) in [6, 6.07) is 0. The molecule has 0 fully saturated rings. The highest BCUT2D eigenvalue weighted by atomic mass is 14.1. The fourth-order valence-electron chi connectivity index (χ4n) is 0.954. The monoisotopic (exact) mass is 166 g/mol. The molecule has 0 heteroatoms. The van der Waals surface area contributed by atoms with Gasteiger partial charge >= 0.3 is 0 Å². The zero-order valence-electron chi connectivity index (χ0n) is 9.15. The van der Waals surface area contributed by atoms with Crippen molar-refractivity contribution in [1.29, 1.82) is 0 Å². The van der Waals surface area contributed by atoms with E-state index in [4.69, 9.17) is 0 Å². The van der Waals surface area contributed by atoms with Gasteiger partial charge in [0.2, 0.25) is 0 Å². The van der Waals surface area contributed by atoms with Crippen LogP contribution in [0.5, 0.6) is 0 Å². The Bertz CT molecular complexity index is 159. The molecular weight excluding hydrogens is 144 g/mol. The Morgan fingerprint density at radius 1 is 1.25 bits per heavy atom. The quantitative estimate of drug-likeness (QED) is 0.546. The second kappa shape index (κ2) is 8.32. The van der Waals surface area contributed by atoms with Crippen molar-refractivity contribution in [3.8, 4) is 0 Å². The van der Waals surface area contributed by atoms with Crippen molar-refractivity contribution in [2.75, 3.05) is 0 Å². The molecule has 0 aromatic rings. The van der Waals surface area contributed by atoms with E-state index in [0.717, 1.165) is 5.57 Å². The predicted octanol–water partition coefficient (Wildman–Crippen LogP) is 4.36. The van der Waals surface area contributed by atoms with Crippen LogP contribution in [0, 0.1) is 5.92 Å². The average Bonchev–Trinajstić information content (AvgIpc) is 2.03. The maximum Gasteiger partial charge on any atom is -0.0216 e. The molecule has 0 atom stereocenters. The SMILES string of the molecule is C=C/C=C(\C(=C)C)C(C)C.CC. The molecule has 0 amide bonds.